The second kappa shape index (κ2) is 12.4. The highest BCUT2D eigenvalue weighted by Gasteiger charge is 2.26. The van der Waals surface area contributed by atoms with Crippen molar-refractivity contribution >= 4 is 23.4 Å². The number of rotatable bonds is 11. The molecule has 0 aliphatic rings. The molecule has 40 heavy (non-hydrogen) atoms. The quantitative estimate of drug-likeness (QED) is 0.159. The van der Waals surface area contributed by atoms with Gasteiger partial charge in [-0.05, 0) is 54.1 Å². The molecule has 0 saturated heterocycles. The van der Waals surface area contributed by atoms with Gasteiger partial charge in [-0.15, -0.1) is 4.68 Å². The van der Waals surface area contributed by atoms with Crippen LogP contribution < -0.4 is 28.6 Å². The summed E-state index contributed by atoms with van der Waals surface area (Å²) in [6, 6.07) is 19.4. The zero-order chi connectivity index (χ0) is 28.8. The van der Waals surface area contributed by atoms with Crippen molar-refractivity contribution in [2.75, 3.05) is 59.3 Å². The fraction of sp³-hybridized carbons (Fsp3) is 0.258. The summed E-state index contributed by atoms with van der Waals surface area (Å²) in [6.07, 6.45) is 5.45. The lowest BCUT2D eigenvalue weighted by atomic mass is 10.1. The van der Waals surface area contributed by atoms with E-state index in [0.717, 1.165) is 22.5 Å². The van der Waals surface area contributed by atoms with Crippen LogP contribution in [0.15, 0.2) is 78.2 Å². The number of benzene rings is 3. The van der Waals surface area contributed by atoms with Gasteiger partial charge < -0.3 is 24.0 Å². The maximum absolute atomic E-state index is 13.3. The third kappa shape index (κ3) is 6.09. The molecule has 0 aliphatic carbocycles. The van der Waals surface area contributed by atoms with Crippen LogP contribution in [0.25, 0.3) is 11.4 Å². The van der Waals surface area contributed by atoms with Crippen molar-refractivity contribution in [3.8, 4) is 28.6 Å². The topological polar surface area (TPSA) is 72.4 Å². The number of imidazole rings is 1. The van der Waals surface area contributed by atoms with Gasteiger partial charge in [-0.3, -0.25) is 4.79 Å². The van der Waals surface area contributed by atoms with Gasteiger partial charge in [0.25, 0.3) is 0 Å². The molecule has 4 aromatic rings. The van der Waals surface area contributed by atoms with Crippen LogP contribution >= 0.6 is 0 Å². The van der Waals surface area contributed by atoms with Gasteiger partial charge in [0, 0.05) is 45.1 Å². The highest BCUT2D eigenvalue weighted by atomic mass is 16.5. The number of carbonyl (C=O) groups is 1. The molecule has 0 bridgehead atoms. The van der Waals surface area contributed by atoms with E-state index in [2.05, 4.69) is 0 Å². The van der Waals surface area contributed by atoms with Gasteiger partial charge >= 0.3 is 5.82 Å². The van der Waals surface area contributed by atoms with Crippen LogP contribution in [0, 0.1) is 0 Å². The minimum absolute atomic E-state index is 0.0231. The molecule has 0 amide bonds. The highest BCUT2D eigenvalue weighted by Crippen LogP contribution is 2.40. The Bertz CT molecular complexity index is 1460. The zero-order valence-corrected chi connectivity index (χ0v) is 24.1. The van der Waals surface area contributed by atoms with Crippen molar-refractivity contribution in [2.24, 2.45) is 5.10 Å². The molecule has 9 heteroatoms. The van der Waals surface area contributed by atoms with Crippen LogP contribution in [0.5, 0.6) is 17.2 Å². The fourth-order valence-corrected chi connectivity index (χ4v) is 4.32. The second-order valence-corrected chi connectivity index (χ2v) is 9.60. The van der Waals surface area contributed by atoms with Crippen molar-refractivity contribution < 1.29 is 23.6 Å². The lowest BCUT2D eigenvalue weighted by molar-refractivity contribution is -0.671. The summed E-state index contributed by atoms with van der Waals surface area (Å²) in [5.74, 6) is 2.15. The van der Waals surface area contributed by atoms with E-state index in [1.54, 1.807) is 32.2 Å². The minimum Gasteiger partial charge on any atom is -0.493 e. The molecule has 4 rings (SSSR count). The summed E-state index contributed by atoms with van der Waals surface area (Å²) in [5.41, 5.74) is 4.45. The van der Waals surface area contributed by atoms with E-state index < -0.39 is 0 Å². The summed E-state index contributed by atoms with van der Waals surface area (Å²) in [5, 5.41) is 4.74. The lowest BCUT2D eigenvalue weighted by Gasteiger charge is -2.13. The Hall–Kier alpha value is -4.79. The average Bonchev–Trinajstić information content (AvgIpc) is 3.37. The van der Waals surface area contributed by atoms with E-state index >= 15 is 0 Å². The number of carbonyl (C=O) groups excluding carboxylic acids is 1. The molecule has 0 fully saturated rings. The van der Waals surface area contributed by atoms with Gasteiger partial charge in [0.2, 0.25) is 11.5 Å². The largest absolute Gasteiger partial charge is 0.493 e. The predicted molar refractivity (Wildman–Crippen MR) is 159 cm³/mol. The fourth-order valence-electron chi connectivity index (χ4n) is 4.32. The van der Waals surface area contributed by atoms with E-state index in [-0.39, 0.29) is 12.3 Å². The molecule has 3 aromatic carbocycles. The molecule has 9 nitrogen and oxygen atoms in total. The third-order valence-corrected chi connectivity index (χ3v) is 6.56. The van der Waals surface area contributed by atoms with Crippen molar-refractivity contribution in [3.05, 3.63) is 84.2 Å². The summed E-state index contributed by atoms with van der Waals surface area (Å²) in [4.78, 5) is 17.4. The van der Waals surface area contributed by atoms with Crippen LogP contribution in [-0.4, -0.2) is 66.2 Å². The first-order chi connectivity index (χ1) is 19.2. The van der Waals surface area contributed by atoms with Crippen LogP contribution in [0.3, 0.4) is 0 Å². The molecule has 0 aliphatic heterocycles. The normalized spacial score (nSPS) is 11.0. The van der Waals surface area contributed by atoms with Crippen molar-refractivity contribution in [3.63, 3.8) is 0 Å². The van der Waals surface area contributed by atoms with E-state index in [9.17, 15) is 4.79 Å². The SMILES string of the molecule is COc1cc(-c2n(/N=C\c3ccc(N(C)C)cc3)cc[n+]2CC(=O)c2ccc(N(C)C)cc2)cc(OC)c1OC. The van der Waals surface area contributed by atoms with Crippen LogP contribution in [0.4, 0.5) is 11.4 Å². The van der Waals surface area contributed by atoms with E-state index in [1.807, 2.05) is 116 Å². The number of hydrogen-bond donors (Lipinski definition) is 0. The number of ketones is 1. The Balaban J connectivity index is 1.76. The van der Waals surface area contributed by atoms with Gasteiger partial charge in [-0.1, -0.05) is 17.2 Å². The lowest BCUT2D eigenvalue weighted by Crippen LogP contribution is -2.38. The molecule has 208 valence electrons. The maximum Gasteiger partial charge on any atom is 0.315 e. The number of ether oxygens (including phenoxy) is 3. The average molecular weight is 543 g/mol. The van der Waals surface area contributed by atoms with Crippen LogP contribution in [0.2, 0.25) is 0 Å². The van der Waals surface area contributed by atoms with Crippen LogP contribution in [-0.2, 0) is 6.54 Å². The van der Waals surface area contributed by atoms with Gasteiger partial charge in [-0.2, -0.15) is 0 Å². The summed E-state index contributed by atoms with van der Waals surface area (Å²) < 4.78 is 20.3. The monoisotopic (exact) mass is 542 g/mol. The molecular weight excluding hydrogens is 506 g/mol. The van der Waals surface area contributed by atoms with Gasteiger partial charge in [0.15, 0.2) is 24.2 Å². The minimum atomic E-state index is -0.0231. The Kier molecular flexibility index (Phi) is 8.73. The second-order valence-electron chi connectivity index (χ2n) is 9.60. The summed E-state index contributed by atoms with van der Waals surface area (Å²) in [7, 11) is 12.7. The van der Waals surface area contributed by atoms with Gasteiger partial charge in [0.05, 0.1) is 33.1 Å². The van der Waals surface area contributed by atoms with E-state index in [0.29, 0.717) is 28.6 Å². The molecule has 0 N–H and O–H groups in total. The molecule has 0 saturated carbocycles. The smallest absolute Gasteiger partial charge is 0.315 e. The Morgan fingerprint density at radius 2 is 1.40 bits per heavy atom. The van der Waals surface area contributed by atoms with E-state index in [4.69, 9.17) is 19.3 Å². The third-order valence-electron chi connectivity index (χ3n) is 6.56. The van der Waals surface area contributed by atoms with Gasteiger partial charge in [-0.25, -0.2) is 4.57 Å². The number of aromatic nitrogens is 2. The first kappa shape index (κ1) is 28.2. The summed E-state index contributed by atoms with van der Waals surface area (Å²) in [6.45, 7) is 0.118. The molecule has 0 unspecified atom stereocenters. The first-order valence-corrected chi connectivity index (χ1v) is 12.8. The van der Waals surface area contributed by atoms with Crippen molar-refractivity contribution in [1.82, 2.24) is 4.68 Å². The van der Waals surface area contributed by atoms with Crippen molar-refractivity contribution in [2.45, 2.75) is 6.54 Å². The molecule has 1 aromatic heterocycles. The number of hydrogen-bond acceptors (Lipinski definition) is 7. The standard InChI is InChI=1S/C31H36N5O4/c1-33(2)25-12-8-22(9-13-25)20-32-36-17-16-35(21-27(37)23-10-14-26(15-11-23)34(3)4)31(36)24-18-28(38-5)30(40-7)29(19-24)39-6/h8-20H,21H2,1-7H3/q+1/b32-20-. The number of anilines is 2. The number of nitrogens with zero attached hydrogens (tertiary/aromatic N) is 5. The van der Waals surface area contributed by atoms with Crippen LogP contribution in [0.1, 0.15) is 15.9 Å². The summed E-state index contributed by atoms with van der Waals surface area (Å²) >= 11 is 0. The zero-order valence-electron chi connectivity index (χ0n) is 24.1. The molecule has 0 spiro atoms. The molecular formula is C31H36N5O4+. The predicted octanol–water partition coefficient (Wildman–Crippen LogP) is 4.37. The number of Topliss-reactive ketones (excluding diaryl/α,β-unsaturated/α-hetero) is 1. The Labute approximate surface area is 235 Å². The Morgan fingerprint density at radius 1 is 0.850 bits per heavy atom. The Morgan fingerprint density at radius 3 is 1.90 bits per heavy atom. The molecule has 0 atom stereocenters. The van der Waals surface area contributed by atoms with Crippen molar-refractivity contribution in [1.29, 1.82) is 0 Å². The molecule has 1 heterocycles. The first-order valence-electron chi connectivity index (χ1n) is 12.8. The maximum atomic E-state index is 13.3. The van der Waals surface area contributed by atoms with Gasteiger partial charge in [0.1, 0.15) is 6.20 Å². The highest BCUT2D eigenvalue weighted by molar-refractivity contribution is 5.95. The number of methoxy groups -OCH3 is 3. The molecule has 0 radical (unpaired) electrons. The van der Waals surface area contributed by atoms with E-state index in [1.165, 1.54) is 0 Å².